The molecule has 6 nitrogen and oxygen atoms in total. The molecule has 3 heterocycles. The molecule has 7 heteroatoms. The number of amides is 2. The van der Waals surface area contributed by atoms with Crippen molar-refractivity contribution in [2.75, 3.05) is 38.2 Å². The van der Waals surface area contributed by atoms with E-state index in [1.54, 1.807) is 18.4 Å². The molecule has 3 aliphatic rings. The number of para-hydroxylation sites is 2. The van der Waals surface area contributed by atoms with Crippen LogP contribution in [0.3, 0.4) is 0 Å². The lowest BCUT2D eigenvalue weighted by Gasteiger charge is -2.46. The van der Waals surface area contributed by atoms with E-state index in [0.29, 0.717) is 18.7 Å². The van der Waals surface area contributed by atoms with Gasteiger partial charge in [-0.25, -0.2) is 0 Å². The number of fused-ring (bicyclic) bond motifs is 1. The second-order valence-electron chi connectivity index (χ2n) is 10.2. The molecular weight excluding hydrogens is 482 g/mol. The van der Waals surface area contributed by atoms with Gasteiger partial charge in [-0.15, -0.1) is 11.3 Å². The monoisotopic (exact) mass is 515 g/mol. The summed E-state index contributed by atoms with van der Waals surface area (Å²) in [6.07, 6.45) is 4.29. The Kier molecular flexibility index (Phi) is 6.63. The van der Waals surface area contributed by atoms with Crippen LogP contribution in [-0.4, -0.2) is 60.9 Å². The summed E-state index contributed by atoms with van der Waals surface area (Å²) in [4.78, 5) is 35.8. The van der Waals surface area contributed by atoms with Crippen molar-refractivity contribution < 1.29 is 14.3 Å². The van der Waals surface area contributed by atoms with E-state index < -0.39 is 5.92 Å². The summed E-state index contributed by atoms with van der Waals surface area (Å²) in [5.41, 5.74) is 2.63. The lowest BCUT2D eigenvalue weighted by Crippen LogP contribution is -2.54. The summed E-state index contributed by atoms with van der Waals surface area (Å²) in [6.45, 7) is 2.78. The standard InChI is InChI=1S/C30H33N3O3S/c1-36-25-14-7-6-13-24(25)31-16-18-32(19-17-31)30(35)27-22-11-4-5-12-23(22)29(34)33(21-9-2-3-10-21)28(27)26-15-8-20-37-26/h4-8,11-15,20-21,27-28H,2-3,9-10,16-19H2,1H3/t27-,28-/m1/s1. The summed E-state index contributed by atoms with van der Waals surface area (Å²) in [5, 5.41) is 2.06. The minimum Gasteiger partial charge on any atom is -0.495 e. The van der Waals surface area contributed by atoms with Crippen LogP contribution in [0.4, 0.5) is 5.69 Å². The van der Waals surface area contributed by atoms with E-state index in [1.807, 2.05) is 53.4 Å². The van der Waals surface area contributed by atoms with Gasteiger partial charge in [-0.05, 0) is 48.1 Å². The first-order valence-electron chi connectivity index (χ1n) is 13.3. The Bertz CT molecular complexity index is 1260. The number of thiophene rings is 1. The van der Waals surface area contributed by atoms with E-state index in [4.69, 9.17) is 4.74 Å². The van der Waals surface area contributed by atoms with E-state index in [1.165, 1.54) is 0 Å². The van der Waals surface area contributed by atoms with Gasteiger partial charge in [0.1, 0.15) is 5.75 Å². The zero-order valence-corrected chi connectivity index (χ0v) is 22.0. The first-order chi connectivity index (χ1) is 18.2. The van der Waals surface area contributed by atoms with E-state index in [9.17, 15) is 9.59 Å². The lowest BCUT2D eigenvalue weighted by molar-refractivity contribution is -0.135. The van der Waals surface area contributed by atoms with Gasteiger partial charge >= 0.3 is 0 Å². The number of benzene rings is 2. The van der Waals surface area contributed by atoms with E-state index in [-0.39, 0.29) is 23.9 Å². The van der Waals surface area contributed by atoms with Gasteiger partial charge in [0.25, 0.3) is 5.91 Å². The number of hydrogen-bond acceptors (Lipinski definition) is 5. The van der Waals surface area contributed by atoms with Gasteiger partial charge in [-0.2, -0.15) is 0 Å². The van der Waals surface area contributed by atoms with Crippen LogP contribution in [0, 0.1) is 0 Å². The third-order valence-electron chi connectivity index (χ3n) is 8.21. The smallest absolute Gasteiger partial charge is 0.254 e. The Morgan fingerprint density at radius 3 is 2.38 bits per heavy atom. The number of ether oxygens (including phenoxy) is 1. The molecule has 0 spiro atoms. The average molecular weight is 516 g/mol. The molecule has 6 rings (SSSR count). The Morgan fingerprint density at radius 2 is 1.65 bits per heavy atom. The molecule has 0 radical (unpaired) electrons. The molecule has 1 saturated heterocycles. The van der Waals surface area contributed by atoms with Gasteiger partial charge in [0, 0.05) is 42.7 Å². The van der Waals surface area contributed by atoms with E-state index in [0.717, 1.165) is 60.7 Å². The van der Waals surface area contributed by atoms with Crippen LogP contribution in [0.25, 0.3) is 0 Å². The Hall–Kier alpha value is -3.32. The van der Waals surface area contributed by atoms with Crippen molar-refractivity contribution in [2.24, 2.45) is 0 Å². The van der Waals surface area contributed by atoms with Gasteiger partial charge in [0.15, 0.2) is 0 Å². The highest BCUT2D eigenvalue weighted by Gasteiger charge is 2.48. The van der Waals surface area contributed by atoms with Crippen LogP contribution in [0.5, 0.6) is 5.75 Å². The molecule has 1 saturated carbocycles. The predicted molar refractivity (Wildman–Crippen MR) is 146 cm³/mol. The van der Waals surface area contributed by atoms with Gasteiger partial charge in [0.2, 0.25) is 5.91 Å². The maximum atomic E-state index is 14.4. The molecule has 192 valence electrons. The van der Waals surface area contributed by atoms with Crippen LogP contribution in [0.1, 0.15) is 58.4 Å². The highest BCUT2D eigenvalue weighted by molar-refractivity contribution is 7.10. The Morgan fingerprint density at radius 1 is 0.919 bits per heavy atom. The number of rotatable bonds is 5. The molecule has 37 heavy (non-hydrogen) atoms. The van der Waals surface area contributed by atoms with Crippen LogP contribution >= 0.6 is 11.3 Å². The fourth-order valence-electron chi connectivity index (χ4n) is 6.42. The molecule has 2 aliphatic heterocycles. The number of anilines is 1. The topological polar surface area (TPSA) is 53.1 Å². The molecule has 2 amide bonds. The van der Waals surface area contributed by atoms with Crippen LogP contribution in [0.15, 0.2) is 66.0 Å². The Balaban J connectivity index is 1.33. The number of piperazine rings is 1. The average Bonchev–Trinajstić information content (AvgIpc) is 3.68. The summed E-state index contributed by atoms with van der Waals surface area (Å²) >= 11 is 1.65. The quantitative estimate of drug-likeness (QED) is 0.461. The molecular formula is C30H33N3O3S. The number of methoxy groups -OCH3 is 1. The molecule has 2 aromatic carbocycles. The van der Waals surface area contributed by atoms with Crippen molar-refractivity contribution in [3.63, 3.8) is 0 Å². The highest BCUT2D eigenvalue weighted by atomic mass is 32.1. The van der Waals surface area contributed by atoms with E-state index in [2.05, 4.69) is 27.3 Å². The third kappa shape index (κ3) is 4.29. The summed E-state index contributed by atoms with van der Waals surface area (Å²) in [7, 11) is 1.70. The minimum atomic E-state index is -0.397. The molecule has 3 aromatic rings. The van der Waals surface area contributed by atoms with Crippen molar-refractivity contribution in [1.82, 2.24) is 9.80 Å². The predicted octanol–water partition coefficient (Wildman–Crippen LogP) is 5.33. The van der Waals surface area contributed by atoms with Crippen molar-refractivity contribution in [3.05, 3.63) is 82.0 Å². The van der Waals surface area contributed by atoms with Gasteiger partial charge < -0.3 is 19.4 Å². The van der Waals surface area contributed by atoms with Crippen molar-refractivity contribution in [3.8, 4) is 5.75 Å². The largest absolute Gasteiger partial charge is 0.495 e. The van der Waals surface area contributed by atoms with Crippen molar-refractivity contribution >= 4 is 28.8 Å². The van der Waals surface area contributed by atoms with Gasteiger partial charge in [0.05, 0.1) is 24.8 Å². The summed E-state index contributed by atoms with van der Waals surface area (Å²) in [5.74, 6) is 0.657. The van der Waals surface area contributed by atoms with Crippen molar-refractivity contribution in [1.29, 1.82) is 0 Å². The Labute approximate surface area is 222 Å². The molecule has 1 aliphatic carbocycles. The number of hydrogen-bond donors (Lipinski definition) is 0. The SMILES string of the molecule is COc1ccccc1N1CCN(C(=O)[C@@H]2c3ccccc3C(=O)N(C3CCCC3)[C@@H]2c2cccs2)CC1. The lowest BCUT2D eigenvalue weighted by atomic mass is 9.80. The normalized spacial score (nSPS) is 22.3. The van der Waals surface area contributed by atoms with E-state index >= 15 is 0 Å². The third-order valence-corrected chi connectivity index (χ3v) is 9.16. The first-order valence-corrected chi connectivity index (χ1v) is 14.2. The fourth-order valence-corrected chi connectivity index (χ4v) is 7.28. The zero-order valence-electron chi connectivity index (χ0n) is 21.2. The van der Waals surface area contributed by atoms with Gasteiger partial charge in [-0.1, -0.05) is 49.2 Å². The molecule has 1 aromatic heterocycles. The second-order valence-corrected chi connectivity index (χ2v) is 11.1. The summed E-state index contributed by atoms with van der Waals surface area (Å²) < 4.78 is 5.57. The molecule has 0 unspecified atom stereocenters. The maximum absolute atomic E-state index is 14.4. The number of carbonyl (C=O) groups is 2. The molecule has 0 bridgehead atoms. The first kappa shape index (κ1) is 24.0. The second kappa shape index (κ2) is 10.2. The molecule has 2 atom stereocenters. The number of carbonyl (C=O) groups excluding carboxylic acids is 2. The van der Waals surface area contributed by atoms with Crippen molar-refractivity contribution in [2.45, 2.75) is 43.7 Å². The fraction of sp³-hybridized carbons (Fsp3) is 0.400. The summed E-state index contributed by atoms with van der Waals surface area (Å²) in [6, 6.07) is 19.9. The molecule has 2 fully saturated rings. The minimum absolute atomic E-state index is 0.0749. The molecule has 0 N–H and O–H groups in total. The van der Waals surface area contributed by atoms with Crippen LogP contribution in [-0.2, 0) is 4.79 Å². The van der Waals surface area contributed by atoms with Crippen LogP contribution < -0.4 is 9.64 Å². The van der Waals surface area contributed by atoms with Gasteiger partial charge in [-0.3, -0.25) is 9.59 Å². The van der Waals surface area contributed by atoms with Crippen LogP contribution in [0.2, 0.25) is 0 Å². The maximum Gasteiger partial charge on any atom is 0.254 e. The zero-order chi connectivity index (χ0) is 25.4. The number of nitrogens with zero attached hydrogens (tertiary/aromatic N) is 3. The highest BCUT2D eigenvalue weighted by Crippen LogP contribution is 2.48.